The number of ether oxygens (including phenoxy) is 2. The quantitative estimate of drug-likeness (QED) is 0.488. The van der Waals surface area contributed by atoms with Crippen LogP contribution in [0.15, 0.2) is 0 Å². The van der Waals surface area contributed by atoms with Gasteiger partial charge in [0.15, 0.2) is 0 Å². The van der Waals surface area contributed by atoms with Gasteiger partial charge in [0, 0.05) is 40.6 Å². The zero-order valence-corrected chi connectivity index (χ0v) is 18.3. The second kappa shape index (κ2) is 16.5. The largest absolute Gasteiger partial charge is 0.379 e. The lowest BCUT2D eigenvalue weighted by Crippen LogP contribution is -2.39. The van der Waals surface area contributed by atoms with E-state index in [1.165, 1.54) is 6.92 Å². The molecule has 2 amide bonds. The van der Waals surface area contributed by atoms with Gasteiger partial charge in [-0.15, -0.1) is 0 Å². The molecule has 0 heterocycles. The topological polar surface area (TPSA) is 93.7 Å². The molecule has 28 heavy (non-hydrogen) atoms. The average Bonchev–Trinajstić information content (AvgIpc) is 2.68. The minimum absolute atomic E-state index is 0. The fraction of sp³-hybridized carbons (Fsp3) is 0.857. The standard InChI is InChI=1S/C19H34N2O5.C2H6.2H2/c1-14(2)19(24)16-4-6-17(7-5-16)21-18(23)8-10-25-12-13-26-11-9-20-15(3)22;1-2;;/h14,16-17H,4-13H2,1-3H3,(H,20,22)(H,21,23);1-2H3;2*1H. The molecule has 7 nitrogen and oxygen atoms in total. The Kier molecular flexibility index (Phi) is 15.6. The summed E-state index contributed by atoms with van der Waals surface area (Å²) in [4.78, 5) is 34.6. The molecule has 0 aromatic rings. The van der Waals surface area contributed by atoms with E-state index >= 15 is 0 Å². The van der Waals surface area contributed by atoms with E-state index in [2.05, 4.69) is 10.6 Å². The van der Waals surface area contributed by atoms with E-state index in [9.17, 15) is 14.4 Å². The molecule has 7 heteroatoms. The minimum Gasteiger partial charge on any atom is -0.379 e. The van der Waals surface area contributed by atoms with E-state index in [1.807, 2.05) is 27.7 Å². The predicted molar refractivity (Wildman–Crippen MR) is 114 cm³/mol. The number of Topliss-reactive ketones (excluding diaryl/α,β-unsaturated/α-hetero) is 1. The molecule has 1 saturated carbocycles. The molecule has 0 unspecified atom stereocenters. The fourth-order valence-corrected chi connectivity index (χ4v) is 3.08. The monoisotopic (exact) mass is 404 g/mol. The van der Waals surface area contributed by atoms with Gasteiger partial charge >= 0.3 is 0 Å². The van der Waals surface area contributed by atoms with E-state index in [0.717, 1.165) is 25.7 Å². The van der Waals surface area contributed by atoms with Crippen LogP contribution in [0.5, 0.6) is 0 Å². The Labute approximate surface area is 173 Å². The van der Waals surface area contributed by atoms with Crippen LogP contribution < -0.4 is 10.6 Å². The normalized spacial score (nSPS) is 18.8. The van der Waals surface area contributed by atoms with E-state index < -0.39 is 0 Å². The van der Waals surface area contributed by atoms with Crippen LogP contribution in [0.2, 0.25) is 0 Å². The Balaban J connectivity index is -0.00000176. The van der Waals surface area contributed by atoms with Gasteiger partial charge in [-0.2, -0.15) is 0 Å². The molecule has 0 aliphatic heterocycles. The zero-order chi connectivity index (χ0) is 21.4. The van der Waals surface area contributed by atoms with Gasteiger partial charge in [0.2, 0.25) is 11.8 Å². The van der Waals surface area contributed by atoms with E-state index in [0.29, 0.717) is 45.2 Å². The molecule has 1 fully saturated rings. The molecule has 0 radical (unpaired) electrons. The maximum Gasteiger partial charge on any atom is 0.222 e. The van der Waals surface area contributed by atoms with Crippen molar-refractivity contribution in [1.29, 1.82) is 0 Å². The van der Waals surface area contributed by atoms with Crippen LogP contribution in [-0.4, -0.2) is 56.6 Å². The second-order valence-electron chi connectivity index (χ2n) is 7.13. The van der Waals surface area contributed by atoms with Crippen LogP contribution in [0.3, 0.4) is 0 Å². The van der Waals surface area contributed by atoms with Crippen LogP contribution in [0.1, 0.15) is 69.6 Å². The molecule has 0 saturated heterocycles. The molecule has 0 atom stereocenters. The molecule has 168 valence electrons. The summed E-state index contributed by atoms with van der Waals surface area (Å²) in [5, 5.41) is 5.67. The van der Waals surface area contributed by atoms with Crippen molar-refractivity contribution in [2.24, 2.45) is 11.8 Å². The van der Waals surface area contributed by atoms with Crippen molar-refractivity contribution in [3.8, 4) is 0 Å². The minimum atomic E-state index is -0.0733. The number of rotatable bonds is 12. The first-order valence-corrected chi connectivity index (χ1v) is 10.6. The molecular formula is C21H44N2O5. The van der Waals surface area contributed by atoms with Gasteiger partial charge in [-0.1, -0.05) is 27.7 Å². The van der Waals surface area contributed by atoms with Gasteiger partial charge in [-0.25, -0.2) is 0 Å². The summed E-state index contributed by atoms with van der Waals surface area (Å²) in [6, 6.07) is 0.177. The summed E-state index contributed by atoms with van der Waals surface area (Å²) in [6.45, 7) is 11.5. The van der Waals surface area contributed by atoms with Crippen LogP contribution in [0, 0.1) is 11.8 Å². The lowest BCUT2D eigenvalue weighted by molar-refractivity contribution is -0.127. The average molecular weight is 405 g/mol. The Morgan fingerprint density at radius 1 is 0.964 bits per heavy atom. The third-order valence-electron chi connectivity index (χ3n) is 4.53. The van der Waals surface area contributed by atoms with Gasteiger partial charge in [0.25, 0.3) is 0 Å². The maximum atomic E-state index is 12.0. The fourth-order valence-electron chi connectivity index (χ4n) is 3.08. The summed E-state index contributed by atoms with van der Waals surface area (Å²) in [5.41, 5.74) is 0. The molecule has 1 rings (SSSR count). The van der Waals surface area contributed by atoms with Crippen molar-refractivity contribution < 1.29 is 26.7 Å². The molecule has 1 aliphatic carbocycles. The summed E-state index contributed by atoms with van der Waals surface area (Å²) < 4.78 is 10.7. The van der Waals surface area contributed by atoms with Gasteiger partial charge in [-0.05, 0) is 25.7 Å². The summed E-state index contributed by atoms with van der Waals surface area (Å²) in [5.74, 6) is 0.531. The third kappa shape index (κ3) is 12.8. The number of ketones is 1. The first-order valence-electron chi connectivity index (χ1n) is 10.6. The molecule has 1 aliphatic rings. The van der Waals surface area contributed by atoms with Crippen LogP contribution in [0.4, 0.5) is 0 Å². The Bertz CT molecular complexity index is 457. The molecule has 0 aromatic heterocycles. The number of hydrogen-bond donors (Lipinski definition) is 2. The SMILES string of the molecule is CC.CC(=O)NCCOCCOCCC(=O)NC1CCC(C(=O)C(C)C)CC1.[HH].[HH]. The van der Waals surface area contributed by atoms with Crippen LogP contribution >= 0.6 is 0 Å². The summed E-state index contributed by atoms with van der Waals surface area (Å²) in [6.07, 6.45) is 3.81. The van der Waals surface area contributed by atoms with Gasteiger partial charge in [0.1, 0.15) is 5.78 Å². The molecule has 0 spiro atoms. The number of hydrogen-bond acceptors (Lipinski definition) is 5. The van der Waals surface area contributed by atoms with Crippen molar-refractivity contribution in [2.75, 3.05) is 33.0 Å². The zero-order valence-electron chi connectivity index (χ0n) is 18.3. The Hall–Kier alpha value is -1.47. The smallest absolute Gasteiger partial charge is 0.222 e. The van der Waals surface area contributed by atoms with Crippen molar-refractivity contribution in [3.05, 3.63) is 0 Å². The van der Waals surface area contributed by atoms with Gasteiger partial charge < -0.3 is 20.1 Å². The summed E-state index contributed by atoms with van der Waals surface area (Å²) >= 11 is 0. The van der Waals surface area contributed by atoms with Crippen molar-refractivity contribution >= 4 is 17.6 Å². The highest BCUT2D eigenvalue weighted by Crippen LogP contribution is 2.27. The number of nitrogens with one attached hydrogen (secondary N) is 2. The number of amides is 2. The number of carbonyl (C=O) groups excluding carboxylic acids is 3. The van der Waals surface area contributed by atoms with E-state index in [-0.39, 0.29) is 32.5 Å². The number of carbonyl (C=O) groups is 3. The molecule has 2 N–H and O–H groups in total. The van der Waals surface area contributed by atoms with Crippen LogP contribution in [-0.2, 0) is 23.9 Å². The third-order valence-corrected chi connectivity index (χ3v) is 4.53. The highest BCUT2D eigenvalue weighted by Gasteiger charge is 2.28. The maximum absolute atomic E-state index is 12.0. The lowest BCUT2D eigenvalue weighted by atomic mass is 9.80. The first kappa shape index (κ1) is 26.5. The molecule has 0 aromatic carbocycles. The lowest BCUT2D eigenvalue weighted by Gasteiger charge is -2.29. The Morgan fingerprint density at radius 3 is 2.07 bits per heavy atom. The van der Waals surface area contributed by atoms with Crippen LogP contribution in [0.25, 0.3) is 0 Å². The predicted octanol–water partition coefficient (Wildman–Crippen LogP) is 2.96. The molecule has 0 bridgehead atoms. The Morgan fingerprint density at radius 2 is 1.54 bits per heavy atom. The first-order chi connectivity index (χ1) is 13.4. The molecular weight excluding hydrogens is 360 g/mol. The highest BCUT2D eigenvalue weighted by molar-refractivity contribution is 5.83. The van der Waals surface area contributed by atoms with Crippen molar-refractivity contribution in [2.45, 2.75) is 72.8 Å². The van der Waals surface area contributed by atoms with E-state index in [1.54, 1.807) is 0 Å². The highest BCUT2D eigenvalue weighted by atomic mass is 16.5. The second-order valence-corrected chi connectivity index (χ2v) is 7.13. The van der Waals surface area contributed by atoms with E-state index in [4.69, 9.17) is 9.47 Å². The summed E-state index contributed by atoms with van der Waals surface area (Å²) in [7, 11) is 0. The van der Waals surface area contributed by atoms with Gasteiger partial charge in [0.05, 0.1) is 26.4 Å². The van der Waals surface area contributed by atoms with Crippen molar-refractivity contribution in [3.63, 3.8) is 0 Å². The van der Waals surface area contributed by atoms with Crippen molar-refractivity contribution in [1.82, 2.24) is 10.6 Å². The van der Waals surface area contributed by atoms with Gasteiger partial charge in [-0.3, -0.25) is 14.4 Å².